The Morgan fingerprint density at radius 2 is 2.05 bits per heavy atom. The molecule has 0 saturated carbocycles. The van der Waals surface area contributed by atoms with Crippen LogP contribution in [-0.2, 0) is 4.79 Å². The van der Waals surface area contributed by atoms with Gasteiger partial charge in [0.2, 0.25) is 5.91 Å². The third-order valence-corrected chi connectivity index (χ3v) is 3.90. The third-order valence-electron chi connectivity index (χ3n) is 2.82. The van der Waals surface area contributed by atoms with Crippen molar-refractivity contribution in [2.24, 2.45) is 11.7 Å². The lowest BCUT2D eigenvalue weighted by Crippen LogP contribution is -2.18. The highest BCUT2D eigenvalue weighted by atomic mass is 79.9. The number of nitrogens with two attached hydrogens (primary N) is 1. The lowest BCUT2D eigenvalue weighted by molar-refractivity contribution is -0.116. The fraction of sp³-hybridized carbons (Fsp3) is 0.385. The highest BCUT2D eigenvalue weighted by Gasteiger charge is 2.17. The van der Waals surface area contributed by atoms with Crippen molar-refractivity contribution in [3.8, 4) is 0 Å². The quantitative estimate of drug-likeness (QED) is 0.674. The molecule has 0 fully saturated rings. The number of halogens is 2. The highest BCUT2D eigenvalue weighted by molar-refractivity contribution is 9.11. The summed E-state index contributed by atoms with van der Waals surface area (Å²) in [5.41, 5.74) is 5.80. The first kappa shape index (κ1) is 17.1. The van der Waals surface area contributed by atoms with Crippen molar-refractivity contribution in [2.75, 3.05) is 11.9 Å². The van der Waals surface area contributed by atoms with E-state index >= 15 is 0 Å². The molecule has 1 unspecified atom stereocenters. The second-order valence-electron chi connectivity index (χ2n) is 4.54. The van der Waals surface area contributed by atoms with Crippen LogP contribution in [-0.4, -0.2) is 23.5 Å². The van der Waals surface area contributed by atoms with E-state index in [4.69, 9.17) is 5.73 Å². The molecule has 1 aromatic carbocycles. The van der Waals surface area contributed by atoms with Crippen LogP contribution in [0.2, 0.25) is 0 Å². The largest absolute Gasteiger partial charge is 0.478 e. The minimum absolute atomic E-state index is 0.0338. The average Bonchev–Trinajstić information content (AvgIpc) is 2.38. The predicted molar refractivity (Wildman–Crippen MR) is 84.9 cm³/mol. The summed E-state index contributed by atoms with van der Waals surface area (Å²) >= 11 is 6.48. The molecule has 5 nitrogen and oxygen atoms in total. The number of aromatic carboxylic acids is 1. The molecule has 0 heterocycles. The van der Waals surface area contributed by atoms with Gasteiger partial charge in [-0.05, 0) is 46.9 Å². The molecule has 0 aromatic heterocycles. The molecule has 0 aliphatic heterocycles. The number of nitrogens with one attached hydrogen (secondary N) is 1. The molecule has 0 aliphatic rings. The highest BCUT2D eigenvalue weighted by Crippen LogP contribution is 2.31. The van der Waals surface area contributed by atoms with Crippen LogP contribution in [0.5, 0.6) is 0 Å². The van der Waals surface area contributed by atoms with Crippen LogP contribution in [0, 0.1) is 5.92 Å². The number of carbonyl (C=O) groups is 2. The number of rotatable bonds is 6. The van der Waals surface area contributed by atoms with Gasteiger partial charge in [-0.2, -0.15) is 0 Å². The standard InChI is InChI=1S/C13H16Br2N2O3/c1-7(6-16)2-3-11(18)17-12-9(13(19)20)4-8(14)5-10(12)15/h4-5,7H,2-3,6,16H2,1H3,(H,17,18)(H,19,20). The number of amides is 1. The average molecular weight is 408 g/mol. The van der Waals surface area contributed by atoms with Gasteiger partial charge in [-0.3, -0.25) is 4.79 Å². The number of anilines is 1. The number of hydrogen-bond acceptors (Lipinski definition) is 3. The van der Waals surface area contributed by atoms with Gasteiger partial charge in [0.25, 0.3) is 0 Å². The minimum atomic E-state index is -1.10. The zero-order chi connectivity index (χ0) is 15.3. The summed E-state index contributed by atoms with van der Waals surface area (Å²) in [6.07, 6.45) is 0.971. The monoisotopic (exact) mass is 406 g/mol. The van der Waals surface area contributed by atoms with Crippen molar-refractivity contribution >= 4 is 49.4 Å². The van der Waals surface area contributed by atoms with E-state index in [1.165, 1.54) is 6.07 Å². The second kappa shape index (κ2) is 7.75. The van der Waals surface area contributed by atoms with Crippen molar-refractivity contribution in [3.63, 3.8) is 0 Å². The number of carboxylic acids is 1. The van der Waals surface area contributed by atoms with Gasteiger partial charge in [-0.15, -0.1) is 0 Å². The van der Waals surface area contributed by atoms with Gasteiger partial charge in [0.15, 0.2) is 0 Å². The van der Waals surface area contributed by atoms with Crippen molar-refractivity contribution in [1.29, 1.82) is 0 Å². The molecule has 20 heavy (non-hydrogen) atoms. The Hall–Kier alpha value is -0.920. The first-order valence-corrected chi connectivity index (χ1v) is 7.66. The van der Waals surface area contributed by atoms with Gasteiger partial charge in [-0.25, -0.2) is 4.79 Å². The fourth-order valence-corrected chi connectivity index (χ4v) is 2.89. The second-order valence-corrected chi connectivity index (χ2v) is 6.31. The summed E-state index contributed by atoms with van der Waals surface area (Å²) in [6, 6.07) is 3.13. The van der Waals surface area contributed by atoms with Crippen molar-refractivity contribution in [2.45, 2.75) is 19.8 Å². The summed E-state index contributed by atoms with van der Waals surface area (Å²) in [4.78, 5) is 23.1. The molecule has 4 N–H and O–H groups in total. The van der Waals surface area contributed by atoms with Crippen molar-refractivity contribution in [3.05, 3.63) is 26.6 Å². The summed E-state index contributed by atoms with van der Waals surface area (Å²) < 4.78 is 1.14. The Morgan fingerprint density at radius 1 is 1.40 bits per heavy atom. The molecule has 0 aliphatic carbocycles. The summed E-state index contributed by atoms with van der Waals surface area (Å²) in [5, 5.41) is 11.8. The first-order valence-electron chi connectivity index (χ1n) is 6.07. The Labute approximate surface area is 134 Å². The Kier molecular flexibility index (Phi) is 6.64. The molecular weight excluding hydrogens is 392 g/mol. The Bertz CT molecular complexity index is 521. The molecule has 0 bridgehead atoms. The van der Waals surface area contributed by atoms with Gasteiger partial charge in [0.1, 0.15) is 0 Å². The van der Waals surface area contributed by atoms with E-state index in [-0.39, 0.29) is 23.1 Å². The number of carbonyl (C=O) groups excluding carboxylic acids is 1. The summed E-state index contributed by atoms with van der Waals surface area (Å²) in [5.74, 6) is -1.07. The van der Waals surface area contributed by atoms with Crippen LogP contribution in [0.4, 0.5) is 5.69 Å². The Morgan fingerprint density at radius 3 is 2.60 bits per heavy atom. The normalized spacial score (nSPS) is 12.0. The smallest absolute Gasteiger partial charge is 0.337 e. The maximum Gasteiger partial charge on any atom is 0.337 e. The topological polar surface area (TPSA) is 92.4 Å². The number of hydrogen-bond donors (Lipinski definition) is 3. The maximum atomic E-state index is 11.9. The lowest BCUT2D eigenvalue weighted by Gasteiger charge is -2.12. The van der Waals surface area contributed by atoms with E-state index in [1.54, 1.807) is 6.07 Å². The molecular formula is C13H16Br2N2O3. The van der Waals surface area contributed by atoms with Crippen molar-refractivity contribution < 1.29 is 14.7 Å². The number of benzene rings is 1. The van der Waals surface area contributed by atoms with E-state index in [0.717, 1.165) is 0 Å². The minimum Gasteiger partial charge on any atom is -0.478 e. The van der Waals surface area contributed by atoms with E-state index < -0.39 is 5.97 Å². The van der Waals surface area contributed by atoms with E-state index in [1.807, 2.05) is 6.92 Å². The summed E-state index contributed by atoms with van der Waals surface area (Å²) in [7, 11) is 0. The summed E-state index contributed by atoms with van der Waals surface area (Å²) in [6.45, 7) is 2.49. The van der Waals surface area contributed by atoms with Crippen LogP contribution < -0.4 is 11.1 Å². The third kappa shape index (κ3) is 4.88. The van der Waals surface area contributed by atoms with Crippen molar-refractivity contribution in [1.82, 2.24) is 0 Å². The molecule has 0 radical (unpaired) electrons. The van der Waals surface area contributed by atoms with Gasteiger partial charge in [0, 0.05) is 15.4 Å². The van der Waals surface area contributed by atoms with E-state index in [9.17, 15) is 14.7 Å². The molecule has 1 amide bonds. The van der Waals surface area contributed by atoms with Gasteiger partial charge < -0.3 is 16.2 Å². The van der Waals surface area contributed by atoms with E-state index in [0.29, 0.717) is 28.3 Å². The first-order chi connectivity index (χ1) is 9.35. The Balaban J connectivity index is 2.86. The zero-order valence-electron chi connectivity index (χ0n) is 11.0. The SMILES string of the molecule is CC(CN)CCC(=O)Nc1c(Br)cc(Br)cc1C(=O)O. The molecule has 0 saturated heterocycles. The van der Waals surface area contributed by atoms with Gasteiger partial charge >= 0.3 is 5.97 Å². The maximum absolute atomic E-state index is 11.9. The molecule has 1 aromatic rings. The van der Waals surface area contributed by atoms with Gasteiger partial charge in [0.05, 0.1) is 11.3 Å². The van der Waals surface area contributed by atoms with Gasteiger partial charge in [-0.1, -0.05) is 22.9 Å². The zero-order valence-corrected chi connectivity index (χ0v) is 14.1. The van der Waals surface area contributed by atoms with Crippen LogP contribution >= 0.6 is 31.9 Å². The van der Waals surface area contributed by atoms with Crippen LogP contribution in [0.3, 0.4) is 0 Å². The molecule has 1 atom stereocenters. The van der Waals surface area contributed by atoms with Crippen LogP contribution in [0.15, 0.2) is 21.1 Å². The molecule has 110 valence electrons. The molecule has 7 heteroatoms. The molecule has 1 rings (SSSR count). The predicted octanol–water partition coefficient (Wildman–Crippen LogP) is 3.22. The number of carboxylic acid groups (broad SMARTS) is 1. The lowest BCUT2D eigenvalue weighted by atomic mass is 10.1. The molecule has 0 spiro atoms. The fourth-order valence-electron chi connectivity index (χ4n) is 1.57. The van der Waals surface area contributed by atoms with Crippen LogP contribution in [0.25, 0.3) is 0 Å². The van der Waals surface area contributed by atoms with E-state index in [2.05, 4.69) is 37.2 Å². The van der Waals surface area contributed by atoms with Crippen LogP contribution in [0.1, 0.15) is 30.1 Å².